The van der Waals surface area contributed by atoms with E-state index in [1.807, 2.05) is 0 Å². The van der Waals surface area contributed by atoms with E-state index in [-0.39, 0.29) is 5.75 Å². The highest BCUT2D eigenvalue weighted by molar-refractivity contribution is 6.31. The largest absolute Gasteiger partial charge is 0.494 e. The van der Waals surface area contributed by atoms with Gasteiger partial charge in [-0.1, -0.05) is 11.6 Å². The van der Waals surface area contributed by atoms with E-state index in [1.54, 1.807) is 0 Å². The Hall–Kier alpha value is -1.50. The topological polar surface area (TPSA) is 65.3 Å². The summed E-state index contributed by atoms with van der Waals surface area (Å²) in [6.45, 7) is 0. The van der Waals surface area contributed by atoms with Gasteiger partial charge in [-0.05, 0) is 0 Å². The average Bonchev–Trinajstić information content (AvgIpc) is 2.16. The van der Waals surface area contributed by atoms with E-state index in [1.165, 1.54) is 0 Å². The number of pyridine rings is 1. The first kappa shape index (κ1) is 11.6. The van der Waals surface area contributed by atoms with Gasteiger partial charge >= 0.3 is 5.69 Å². The maximum atomic E-state index is 12.4. The van der Waals surface area contributed by atoms with Crippen molar-refractivity contribution in [1.82, 2.24) is 4.98 Å². The van der Waals surface area contributed by atoms with E-state index in [0.717, 1.165) is 13.2 Å². The molecule has 0 unspecified atom stereocenters. The summed E-state index contributed by atoms with van der Waals surface area (Å²) in [5.74, 6) is -0.360. The predicted octanol–water partition coefficient (Wildman–Crippen LogP) is 2.59. The van der Waals surface area contributed by atoms with Gasteiger partial charge < -0.3 is 4.74 Å². The summed E-state index contributed by atoms with van der Waals surface area (Å²) in [5, 5.41) is 9.82. The Morgan fingerprint density at radius 2 is 2.27 bits per heavy atom. The van der Waals surface area contributed by atoms with Gasteiger partial charge in [0.2, 0.25) is 5.15 Å². The molecule has 0 saturated heterocycles. The number of rotatable bonds is 3. The third-order valence-corrected chi connectivity index (χ3v) is 1.85. The molecule has 5 nitrogen and oxygen atoms in total. The Balaban J connectivity index is 3.35. The minimum Gasteiger partial charge on any atom is -0.494 e. The van der Waals surface area contributed by atoms with Crippen LogP contribution in [-0.4, -0.2) is 17.0 Å². The van der Waals surface area contributed by atoms with Crippen molar-refractivity contribution < 1.29 is 18.4 Å². The number of hydrogen-bond donors (Lipinski definition) is 0. The molecule has 0 saturated carbocycles. The van der Waals surface area contributed by atoms with Gasteiger partial charge in [-0.25, -0.2) is 13.8 Å². The minimum absolute atomic E-state index is 0.360. The third-order valence-electron chi connectivity index (χ3n) is 1.57. The molecule has 8 heteroatoms. The van der Waals surface area contributed by atoms with Crippen LogP contribution in [0.4, 0.5) is 14.5 Å². The first-order valence-corrected chi connectivity index (χ1v) is 4.02. The average molecular weight is 239 g/mol. The Labute approximate surface area is 87.8 Å². The van der Waals surface area contributed by atoms with E-state index in [2.05, 4.69) is 9.72 Å². The van der Waals surface area contributed by atoms with E-state index in [9.17, 15) is 18.9 Å². The second-order valence-electron chi connectivity index (χ2n) is 2.44. The SMILES string of the molecule is COc1cc([N+](=O)[O-])c(Cl)nc1C(F)F. The molecule has 0 aliphatic heterocycles. The Bertz CT molecular complexity index is 400. The van der Waals surface area contributed by atoms with Crippen LogP contribution in [0.1, 0.15) is 12.1 Å². The zero-order chi connectivity index (χ0) is 11.6. The molecule has 1 aromatic heterocycles. The highest BCUT2D eigenvalue weighted by atomic mass is 35.5. The van der Waals surface area contributed by atoms with Gasteiger partial charge in [0.15, 0.2) is 11.4 Å². The molecule has 1 rings (SSSR count). The zero-order valence-electron chi connectivity index (χ0n) is 7.41. The molecule has 0 N–H and O–H groups in total. The van der Waals surface area contributed by atoms with Gasteiger partial charge in [-0.15, -0.1) is 0 Å². The van der Waals surface area contributed by atoms with Gasteiger partial charge in [-0.2, -0.15) is 0 Å². The summed E-state index contributed by atoms with van der Waals surface area (Å²) in [7, 11) is 1.11. The monoisotopic (exact) mass is 238 g/mol. The van der Waals surface area contributed by atoms with Crippen molar-refractivity contribution in [2.45, 2.75) is 6.43 Å². The van der Waals surface area contributed by atoms with Crippen LogP contribution in [-0.2, 0) is 0 Å². The Kier molecular flexibility index (Phi) is 3.35. The van der Waals surface area contributed by atoms with Crippen LogP contribution in [0.2, 0.25) is 5.15 Å². The molecule has 0 radical (unpaired) electrons. The summed E-state index contributed by atoms with van der Waals surface area (Å²) in [4.78, 5) is 12.8. The number of hydrogen-bond acceptors (Lipinski definition) is 4. The van der Waals surface area contributed by atoms with Gasteiger partial charge in [0.1, 0.15) is 0 Å². The highest BCUT2D eigenvalue weighted by Gasteiger charge is 2.23. The normalized spacial score (nSPS) is 10.5. The molecule has 0 aliphatic rings. The molecule has 1 heterocycles. The molecule has 0 aliphatic carbocycles. The molecule has 1 aromatic rings. The fraction of sp³-hybridized carbons (Fsp3) is 0.286. The molecule has 82 valence electrons. The summed E-state index contributed by atoms with van der Waals surface area (Å²) in [5.41, 5.74) is -1.29. The van der Waals surface area contributed by atoms with Crippen LogP contribution < -0.4 is 4.74 Å². The summed E-state index contributed by atoms with van der Waals surface area (Å²) in [6.07, 6.45) is -2.90. The summed E-state index contributed by atoms with van der Waals surface area (Å²) >= 11 is 5.36. The van der Waals surface area contributed by atoms with Crippen molar-refractivity contribution >= 4 is 17.3 Å². The number of nitrogens with zero attached hydrogens (tertiary/aromatic N) is 2. The van der Waals surface area contributed by atoms with Crippen LogP contribution in [0.3, 0.4) is 0 Å². The van der Waals surface area contributed by atoms with E-state index in [0.29, 0.717) is 0 Å². The lowest BCUT2D eigenvalue weighted by atomic mass is 10.3. The maximum absolute atomic E-state index is 12.4. The summed E-state index contributed by atoms with van der Waals surface area (Å²) < 4.78 is 29.3. The van der Waals surface area contributed by atoms with E-state index < -0.39 is 27.9 Å². The van der Waals surface area contributed by atoms with Crippen molar-refractivity contribution in [2.75, 3.05) is 7.11 Å². The van der Waals surface area contributed by atoms with Gasteiger partial charge in [-0.3, -0.25) is 10.1 Å². The minimum atomic E-state index is -2.90. The van der Waals surface area contributed by atoms with Gasteiger partial charge in [0.25, 0.3) is 6.43 Å². The number of aromatic nitrogens is 1. The zero-order valence-corrected chi connectivity index (χ0v) is 8.16. The van der Waals surface area contributed by atoms with Crippen molar-refractivity contribution in [3.63, 3.8) is 0 Å². The molecular weight excluding hydrogens is 234 g/mol. The molecule has 0 amide bonds. The third kappa shape index (κ3) is 2.30. The molecular formula is C7H5ClF2N2O3. The summed E-state index contributed by atoms with van der Waals surface area (Å²) in [6, 6.07) is 0.816. The van der Waals surface area contributed by atoms with Gasteiger partial charge in [0.05, 0.1) is 18.1 Å². The quantitative estimate of drug-likeness (QED) is 0.461. The number of halogens is 3. The van der Waals surface area contributed by atoms with Crippen LogP contribution in [0.15, 0.2) is 6.07 Å². The Morgan fingerprint density at radius 3 is 2.67 bits per heavy atom. The maximum Gasteiger partial charge on any atom is 0.310 e. The van der Waals surface area contributed by atoms with Crippen LogP contribution in [0, 0.1) is 10.1 Å². The Morgan fingerprint density at radius 1 is 1.67 bits per heavy atom. The van der Waals surface area contributed by atoms with Crippen LogP contribution in [0.25, 0.3) is 0 Å². The number of methoxy groups -OCH3 is 1. The van der Waals surface area contributed by atoms with E-state index in [4.69, 9.17) is 11.6 Å². The van der Waals surface area contributed by atoms with Crippen molar-refractivity contribution in [2.24, 2.45) is 0 Å². The molecule has 15 heavy (non-hydrogen) atoms. The number of alkyl halides is 2. The number of ether oxygens (including phenoxy) is 1. The molecule has 0 atom stereocenters. The smallest absolute Gasteiger partial charge is 0.310 e. The van der Waals surface area contributed by atoms with E-state index >= 15 is 0 Å². The van der Waals surface area contributed by atoms with Crippen LogP contribution >= 0.6 is 11.6 Å². The first-order valence-electron chi connectivity index (χ1n) is 3.64. The van der Waals surface area contributed by atoms with Crippen molar-refractivity contribution in [1.29, 1.82) is 0 Å². The van der Waals surface area contributed by atoms with Crippen LogP contribution in [0.5, 0.6) is 5.75 Å². The molecule has 0 fully saturated rings. The highest BCUT2D eigenvalue weighted by Crippen LogP contribution is 2.34. The predicted molar refractivity (Wildman–Crippen MR) is 47.4 cm³/mol. The lowest BCUT2D eigenvalue weighted by Gasteiger charge is -2.06. The standard InChI is InChI=1S/C7H5ClF2N2O3/c1-15-4-2-3(12(13)14)6(8)11-5(4)7(9)10/h2,7H,1H3. The van der Waals surface area contributed by atoms with Crippen molar-refractivity contribution in [3.8, 4) is 5.75 Å². The fourth-order valence-electron chi connectivity index (χ4n) is 0.924. The second-order valence-corrected chi connectivity index (χ2v) is 2.80. The molecule has 0 aromatic carbocycles. The molecule has 0 bridgehead atoms. The fourth-order valence-corrected chi connectivity index (χ4v) is 1.14. The van der Waals surface area contributed by atoms with Gasteiger partial charge in [0, 0.05) is 0 Å². The lowest BCUT2D eigenvalue weighted by Crippen LogP contribution is -2.00. The first-order chi connectivity index (χ1) is 6.97. The second kappa shape index (κ2) is 4.35. The number of nitro groups is 1. The van der Waals surface area contributed by atoms with Crippen molar-refractivity contribution in [3.05, 3.63) is 27.0 Å². The molecule has 0 spiro atoms. The lowest BCUT2D eigenvalue weighted by molar-refractivity contribution is -0.385.